The summed E-state index contributed by atoms with van der Waals surface area (Å²) in [7, 11) is 0. The number of nitrogens with zero attached hydrogens (tertiary/aromatic N) is 1. The fourth-order valence-corrected chi connectivity index (χ4v) is 2.03. The Kier molecular flexibility index (Phi) is 6.11. The Morgan fingerprint density at radius 3 is 2.57 bits per heavy atom. The van der Waals surface area contributed by atoms with Crippen LogP contribution in [0.15, 0.2) is 42.6 Å². The molecule has 0 saturated heterocycles. The second kappa shape index (κ2) is 8.29. The molecule has 5 nitrogen and oxygen atoms in total. The van der Waals surface area contributed by atoms with Gasteiger partial charge in [0.15, 0.2) is 0 Å². The Morgan fingerprint density at radius 2 is 1.87 bits per heavy atom. The Balaban J connectivity index is 2.04. The number of hydrogen-bond donors (Lipinski definition) is 2. The van der Waals surface area contributed by atoms with Gasteiger partial charge in [0.1, 0.15) is 5.69 Å². The second-order valence-corrected chi connectivity index (χ2v) is 5.44. The maximum absolute atomic E-state index is 12.2. The van der Waals surface area contributed by atoms with Crippen molar-refractivity contribution in [3.63, 3.8) is 0 Å². The number of unbranched alkanes of at least 4 members (excludes halogenated alkanes) is 1. The van der Waals surface area contributed by atoms with Gasteiger partial charge in [-0.3, -0.25) is 14.6 Å². The lowest BCUT2D eigenvalue weighted by Gasteiger charge is -2.07. The third-order valence-corrected chi connectivity index (χ3v) is 3.42. The van der Waals surface area contributed by atoms with E-state index in [0.717, 1.165) is 12.8 Å². The standard InChI is InChI=1S/C17H18ClN3O2/c1-2-3-9-20-17(23)15-11-12(8-10-19-15)16(22)21-14-6-4-13(18)5-7-14/h4-8,10-11H,2-3,9H2,1H3,(H,20,23)(H,21,22). The van der Waals surface area contributed by atoms with Gasteiger partial charge in [-0.05, 0) is 42.8 Å². The van der Waals surface area contributed by atoms with Crippen LogP contribution in [0.2, 0.25) is 5.02 Å². The van der Waals surface area contributed by atoms with Gasteiger partial charge in [0.05, 0.1) is 0 Å². The van der Waals surface area contributed by atoms with Gasteiger partial charge < -0.3 is 10.6 Å². The number of aromatic nitrogens is 1. The molecule has 1 heterocycles. The zero-order valence-corrected chi connectivity index (χ0v) is 13.6. The molecule has 1 aromatic heterocycles. The highest BCUT2D eigenvalue weighted by Crippen LogP contribution is 2.14. The van der Waals surface area contributed by atoms with E-state index in [1.807, 2.05) is 6.92 Å². The first kappa shape index (κ1) is 17.0. The molecule has 0 unspecified atom stereocenters. The molecule has 120 valence electrons. The van der Waals surface area contributed by atoms with Crippen molar-refractivity contribution in [1.29, 1.82) is 0 Å². The molecule has 0 radical (unpaired) electrons. The van der Waals surface area contributed by atoms with Gasteiger partial charge in [-0.1, -0.05) is 24.9 Å². The number of hydrogen-bond acceptors (Lipinski definition) is 3. The molecule has 0 bridgehead atoms. The highest BCUT2D eigenvalue weighted by atomic mass is 35.5. The van der Waals surface area contributed by atoms with Gasteiger partial charge in [-0.2, -0.15) is 0 Å². The molecule has 0 saturated carbocycles. The number of amides is 2. The third-order valence-electron chi connectivity index (χ3n) is 3.17. The highest BCUT2D eigenvalue weighted by Gasteiger charge is 2.11. The predicted octanol–water partition coefficient (Wildman–Crippen LogP) is 3.52. The van der Waals surface area contributed by atoms with Crippen LogP contribution in [-0.4, -0.2) is 23.3 Å². The number of benzene rings is 1. The van der Waals surface area contributed by atoms with Crippen molar-refractivity contribution in [2.75, 3.05) is 11.9 Å². The van der Waals surface area contributed by atoms with Crippen LogP contribution in [-0.2, 0) is 0 Å². The van der Waals surface area contributed by atoms with Gasteiger partial charge in [0.2, 0.25) is 0 Å². The smallest absolute Gasteiger partial charge is 0.269 e. The molecule has 1 aromatic carbocycles. The molecular formula is C17H18ClN3O2. The van der Waals surface area contributed by atoms with Crippen LogP contribution < -0.4 is 10.6 Å². The van der Waals surface area contributed by atoms with Crippen molar-refractivity contribution in [1.82, 2.24) is 10.3 Å². The average molecular weight is 332 g/mol. The molecule has 2 aromatic rings. The summed E-state index contributed by atoms with van der Waals surface area (Å²) in [5.74, 6) is -0.586. The van der Waals surface area contributed by atoms with Crippen LogP contribution in [0.5, 0.6) is 0 Å². The molecular weight excluding hydrogens is 314 g/mol. The molecule has 0 atom stereocenters. The number of nitrogens with one attached hydrogen (secondary N) is 2. The minimum Gasteiger partial charge on any atom is -0.351 e. The Labute approximate surface area is 140 Å². The molecule has 2 N–H and O–H groups in total. The molecule has 2 rings (SSSR count). The van der Waals surface area contributed by atoms with Crippen LogP contribution in [0.3, 0.4) is 0 Å². The Bertz CT molecular complexity index is 686. The highest BCUT2D eigenvalue weighted by molar-refractivity contribution is 6.30. The van der Waals surface area contributed by atoms with E-state index in [-0.39, 0.29) is 17.5 Å². The van der Waals surface area contributed by atoms with E-state index in [2.05, 4.69) is 15.6 Å². The van der Waals surface area contributed by atoms with Crippen LogP contribution in [0.25, 0.3) is 0 Å². The van der Waals surface area contributed by atoms with Crippen molar-refractivity contribution >= 4 is 29.1 Å². The number of halogens is 1. The summed E-state index contributed by atoms with van der Waals surface area (Å²) in [5, 5.41) is 6.12. The monoisotopic (exact) mass is 331 g/mol. The quantitative estimate of drug-likeness (QED) is 0.796. The number of pyridine rings is 1. The zero-order chi connectivity index (χ0) is 16.7. The van der Waals surface area contributed by atoms with E-state index in [9.17, 15) is 9.59 Å². The molecule has 6 heteroatoms. The van der Waals surface area contributed by atoms with Crippen molar-refractivity contribution < 1.29 is 9.59 Å². The van der Waals surface area contributed by atoms with E-state index < -0.39 is 0 Å². The van der Waals surface area contributed by atoms with Crippen molar-refractivity contribution in [3.8, 4) is 0 Å². The van der Waals surface area contributed by atoms with Gasteiger partial charge in [0, 0.05) is 29.0 Å². The van der Waals surface area contributed by atoms with E-state index >= 15 is 0 Å². The predicted molar refractivity (Wildman–Crippen MR) is 90.9 cm³/mol. The second-order valence-electron chi connectivity index (χ2n) is 5.00. The van der Waals surface area contributed by atoms with Gasteiger partial charge >= 0.3 is 0 Å². The molecule has 0 aliphatic rings. The van der Waals surface area contributed by atoms with Crippen LogP contribution in [0.4, 0.5) is 5.69 Å². The largest absolute Gasteiger partial charge is 0.351 e. The Hall–Kier alpha value is -2.40. The first-order chi connectivity index (χ1) is 11.1. The third kappa shape index (κ3) is 5.07. The van der Waals surface area contributed by atoms with Crippen molar-refractivity contribution in [2.24, 2.45) is 0 Å². The van der Waals surface area contributed by atoms with E-state index in [1.165, 1.54) is 12.3 Å². The number of anilines is 1. The minimum atomic E-state index is -0.308. The van der Waals surface area contributed by atoms with E-state index in [0.29, 0.717) is 22.8 Å². The lowest BCUT2D eigenvalue weighted by atomic mass is 10.2. The molecule has 23 heavy (non-hydrogen) atoms. The topological polar surface area (TPSA) is 71.1 Å². The summed E-state index contributed by atoms with van der Waals surface area (Å²) >= 11 is 5.81. The van der Waals surface area contributed by atoms with Crippen LogP contribution >= 0.6 is 11.6 Å². The fraction of sp³-hybridized carbons (Fsp3) is 0.235. The summed E-state index contributed by atoms with van der Waals surface area (Å²) in [4.78, 5) is 28.2. The number of rotatable bonds is 6. The summed E-state index contributed by atoms with van der Waals surface area (Å²) in [6.45, 7) is 2.64. The van der Waals surface area contributed by atoms with Crippen molar-refractivity contribution in [3.05, 3.63) is 58.9 Å². The average Bonchev–Trinajstić information content (AvgIpc) is 2.57. The van der Waals surface area contributed by atoms with E-state index in [1.54, 1.807) is 30.3 Å². The van der Waals surface area contributed by atoms with Crippen LogP contribution in [0.1, 0.15) is 40.6 Å². The van der Waals surface area contributed by atoms with E-state index in [4.69, 9.17) is 11.6 Å². The lowest BCUT2D eigenvalue weighted by Crippen LogP contribution is -2.25. The lowest BCUT2D eigenvalue weighted by molar-refractivity contribution is 0.0948. The minimum absolute atomic E-state index is 0.227. The molecule has 0 aliphatic heterocycles. The maximum Gasteiger partial charge on any atom is 0.269 e. The van der Waals surface area contributed by atoms with Crippen LogP contribution in [0, 0.1) is 0 Å². The molecule has 0 aliphatic carbocycles. The SMILES string of the molecule is CCCCNC(=O)c1cc(C(=O)Nc2ccc(Cl)cc2)ccn1. The fourth-order valence-electron chi connectivity index (χ4n) is 1.90. The first-order valence-electron chi connectivity index (χ1n) is 7.41. The number of carbonyl (C=O) groups excluding carboxylic acids is 2. The summed E-state index contributed by atoms with van der Waals surface area (Å²) < 4.78 is 0. The first-order valence-corrected chi connectivity index (χ1v) is 7.79. The summed E-state index contributed by atoms with van der Waals surface area (Å²) in [6.07, 6.45) is 3.35. The summed E-state index contributed by atoms with van der Waals surface area (Å²) in [5.41, 5.74) is 1.23. The summed E-state index contributed by atoms with van der Waals surface area (Å²) in [6, 6.07) is 9.84. The van der Waals surface area contributed by atoms with Gasteiger partial charge in [0.25, 0.3) is 11.8 Å². The normalized spacial score (nSPS) is 10.2. The molecule has 0 spiro atoms. The van der Waals surface area contributed by atoms with Crippen molar-refractivity contribution in [2.45, 2.75) is 19.8 Å². The molecule has 0 fully saturated rings. The van der Waals surface area contributed by atoms with Gasteiger partial charge in [-0.25, -0.2) is 0 Å². The maximum atomic E-state index is 12.2. The Morgan fingerprint density at radius 1 is 1.13 bits per heavy atom. The zero-order valence-electron chi connectivity index (χ0n) is 12.8. The molecule has 2 amide bonds. The number of carbonyl (C=O) groups is 2. The van der Waals surface area contributed by atoms with Gasteiger partial charge in [-0.15, -0.1) is 0 Å².